The third-order valence-corrected chi connectivity index (χ3v) is 7.62. The molecule has 1 saturated heterocycles. The van der Waals surface area contributed by atoms with Crippen LogP contribution in [0, 0.1) is 12.8 Å². The average Bonchev–Trinajstić information content (AvgIpc) is 3.20. The zero-order valence-corrected chi connectivity index (χ0v) is 18.0. The van der Waals surface area contributed by atoms with Crippen molar-refractivity contribution in [3.05, 3.63) is 53.1 Å². The fraction of sp³-hybridized carbons (Fsp3) is 0.409. The third kappa shape index (κ3) is 4.15. The highest BCUT2D eigenvalue weighted by atomic mass is 32.2. The fourth-order valence-electron chi connectivity index (χ4n) is 3.71. The van der Waals surface area contributed by atoms with Crippen molar-refractivity contribution in [2.45, 2.75) is 38.1 Å². The minimum atomic E-state index is -3.61. The van der Waals surface area contributed by atoms with Crippen LogP contribution in [0.4, 0.5) is 0 Å². The molecule has 2 aromatic rings. The van der Waals surface area contributed by atoms with Gasteiger partial charge >= 0.3 is 0 Å². The van der Waals surface area contributed by atoms with Crippen LogP contribution >= 0.6 is 0 Å². The molecule has 0 saturated carbocycles. The Morgan fingerprint density at radius 2 is 1.83 bits per heavy atom. The summed E-state index contributed by atoms with van der Waals surface area (Å²) in [5.74, 6) is 1.56. The molecule has 0 radical (unpaired) electrons. The van der Waals surface area contributed by atoms with Gasteiger partial charge in [-0.05, 0) is 61.1 Å². The van der Waals surface area contributed by atoms with Crippen molar-refractivity contribution < 1.29 is 22.7 Å². The lowest BCUT2D eigenvalue weighted by Gasteiger charge is -2.29. The molecule has 0 aromatic heterocycles. The van der Waals surface area contributed by atoms with Crippen molar-refractivity contribution in [1.82, 2.24) is 9.62 Å². The number of carbonyl (C=O) groups excluding carboxylic acids is 1. The van der Waals surface area contributed by atoms with E-state index < -0.39 is 10.0 Å². The number of carbonyl (C=O) groups is 1. The van der Waals surface area contributed by atoms with Crippen molar-refractivity contribution in [1.29, 1.82) is 0 Å². The first-order chi connectivity index (χ1) is 14.3. The first-order valence-electron chi connectivity index (χ1n) is 10.1. The van der Waals surface area contributed by atoms with E-state index in [-0.39, 0.29) is 17.6 Å². The van der Waals surface area contributed by atoms with Gasteiger partial charge in [0, 0.05) is 25.2 Å². The molecule has 0 bridgehead atoms. The van der Waals surface area contributed by atoms with E-state index in [1.807, 2.05) is 18.2 Å². The molecular formula is C22H26N2O5S. The Hall–Kier alpha value is -2.58. The van der Waals surface area contributed by atoms with Crippen molar-refractivity contribution >= 4 is 15.9 Å². The third-order valence-electron chi connectivity index (χ3n) is 5.72. The normalized spacial score (nSPS) is 17.1. The lowest BCUT2D eigenvalue weighted by Crippen LogP contribution is -2.38. The number of fused-ring (bicyclic) bond motifs is 1. The smallest absolute Gasteiger partial charge is 0.251 e. The molecule has 1 amide bonds. The van der Waals surface area contributed by atoms with Crippen LogP contribution in [-0.2, 0) is 16.6 Å². The van der Waals surface area contributed by atoms with E-state index in [4.69, 9.17) is 9.47 Å². The molecule has 2 aromatic carbocycles. The summed E-state index contributed by atoms with van der Waals surface area (Å²) in [6, 6.07) is 10.2. The predicted octanol–water partition coefficient (Wildman–Crippen LogP) is 3.07. The highest BCUT2D eigenvalue weighted by Gasteiger charge is 2.29. The van der Waals surface area contributed by atoms with E-state index in [1.54, 1.807) is 19.1 Å². The van der Waals surface area contributed by atoms with Crippen molar-refractivity contribution in [2.24, 2.45) is 5.92 Å². The van der Waals surface area contributed by atoms with Gasteiger partial charge < -0.3 is 14.8 Å². The second-order valence-electron chi connectivity index (χ2n) is 7.93. The minimum absolute atomic E-state index is 0.163. The minimum Gasteiger partial charge on any atom is -0.454 e. The van der Waals surface area contributed by atoms with Crippen molar-refractivity contribution in [3.63, 3.8) is 0 Å². The van der Waals surface area contributed by atoms with E-state index in [0.717, 1.165) is 24.0 Å². The number of amides is 1. The summed E-state index contributed by atoms with van der Waals surface area (Å²) in [7, 11) is -3.61. The number of hydrogen-bond acceptors (Lipinski definition) is 5. The van der Waals surface area contributed by atoms with Crippen LogP contribution in [0.2, 0.25) is 0 Å². The monoisotopic (exact) mass is 430 g/mol. The van der Waals surface area contributed by atoms with Crippen LogP contribution in [0.3, 0.4) is 0 Å². The molecule has 1 N–H and O–H groups in total. The maximum Gasteiger partial charge on any atom is 0.251 e. The number of hydrogen-bond donors (Lipinski definition) is 1. The topological polar surface area (TPSA) is 84.9 Å². The summed E-state index contributed by atoms with van der Waals surface area (Å²) in [6.07, 6.45) is 1.71. The molecular weight excluding hydrogens is 404 g/mol. The fourth-order valence-corrected chi connectivity index (χ4v) is 5.21. The predicted molar refractivity (Wildman–Crippen MR) is 112 cm³/mol. The molecule has 0 spiro atoms. The van der Waals surface area contributed by atoms with E-state index >= 15 is 0 Å². The van der Waals surface area contributed by atoms with Crippen LogP contribution in [0.5, 0.6) is 11.5 Å². The highest BCUT2D eigenvalue weighted by Crippen LogP contribution is 2.32. The van der Waals surface area contributed by atoms with E-state index in [9.17, 15) is 13.2 Å². The lowest BCUT2D eigenvalue weighted by molar-refractivity contribution is 0.0950. The van der Waals surface area contributed by atoms with Crippen molar-refractivity contribution in [2.75, 3.05) is 19.9 Å². The van der Waals surface area contributed by atoms with Crippen LogP contribution < -0.4 is 14.8 Å². The Balaban J connectivity index is 1.49. The van der Waals surface area contributed by atoms with Gasteiger partial charge in [-0.3, -0.25) is 4.79 Å². The largest absolute Gasteiger partial charge is 0.454 e. The molecule has 160 valence electrons. The molecule has 7 nitrogen and oxygen atoms in total. The first-order valence-corrected chi connectivity index (χ1v) is 11.6. The van der Waals surface area contributed by atoms with E-state index in [1.165, 1.54) is 10.4 Å². The van der Waals surface area contributed by atoms with Gasteiger partial charge in [0.2, 0.25) is 16.8 Å². The maximum absolute atomic E-state index is 13.0. The summed E-state index contributed by atoms with van der Waals surface area (Å²) in [5, 5.41) is 2.87. The standard InChI is InChI=1S/C22H26N2O5S/c1-15-7-9-24(10-8-15)30(26,27)18-5-3-16(2)19(12-18)22(25)23-13-17-4-6-20-21(11-17)29-14-28-20/h3-6,11-12,15H,7-10,13-14H2,1-2H3,(H,23,25). The Morgan fingerprint density at radius 1 is 1.10 bits per heavy atom. The molecule has 0 aliphatic carbocycles. The summed E-state index contributed by atoms with van der Waals surface area (Å²) in [6.45, 7) is 5.47. The summed E-state index contributed by atoms with van der Waals surface area (Å²) in [5.41, 5.74) is 1.96. The van der Waals surface area contributed by atoms with Gasteiger partial charge in [0.05, 0.1) is 4.90 Å². The zero-order chi connectivity index (χ0) is 21.3. The zero-order valence-electron chi connectivity index (χ0n) is 17.2. The molecule has 4 rings (SSSR count). The van der Waals surface area contributed by atoms with Gasteiger partial charge in [-0.1, -0.05) is 19.1 Å². The maximum atomic E-state index is 13.0. The SMILES string of the molecule is Cc1ccc(S(=O)(=O)N2CCC(C)CC2)cc1C(=O)NCc1ccc2c(c1)OCO2. The molecule has 2 heterocycles. The van der Waals surface area contributed by atoms with Crippen molar-refractivity contribution in [3.8, 4) is 11.5 Å². The van der Waals surface area contributed by atoms with Crippen LogP contribution in [0.25, 0.3) is 0 Å². The quantitative estimate of drug-likeness (QED) is 0.788. The molecule has 1 fully saturated rings. The van der Waals surface area contributed by atoms with E-state index in [2.05, 4.69) is 12.2 Å². The molecule has 2 aliphatic heterocycles. The number of aryl methyl sites for hydroxylation is 1. The number of nitrogens with one attached hydrogen (secondary N) is 1. The summed E-state index contributed by atoms with van der Waals surface area (Å²) in [4.78, 5) is 13.0. The average molecular weight is 431 g/mol. The number of benzene rings is 2. The Kier molecular flexibility index (Phi) is 5.71. The second-order valence-corrected chi connectivity index (χ2v) is 9.87. The number of nitrogens with zero attached hydrogens (tertiary/aromatic N) is 1. The number of piperidine rings is 1. The Bertz CT molecular complexity index is 1060. The Morgan fingerprint density at radius 3 is 2.60 bits per heavy atom. The van der Waals surface area contributed by atoms with Gasteiger partial charge in [-0.25, -0.2) is 8.42 Å². The molecule has 30 heavy (non-hydrogen) atoms. The molecule has 0 unspecified atom stereocenters. The van der Waals surface area contributed by atoms with Crippen LogP contribution in [0.15, 0.2) is 41.3 Å². The van der Waals surface area contributed by atoms with Gasteiger partial charge in [0.1, 0.15) is 0 Å². The molecule has 8 heteroatoms. The summed E-state index contributed by atoms with van der Waals surface area (Å²) >= 11 is 0. The number of ether oxygens (including phenoxy) is 2. The van der Waals surface area contributed by atoms with Gasteiger partial charge in [-0.2, -0.15) is 4.31 Å². The van der Waals surface area contributed by atoms with Gasteiger partial charge in [0.25, 0.3) is 5.91 Å². The first kappa shape index (κ1) is 20.7. The van der Waals surface area contributed by atoms with Gasteiger partial charge in [-0.15, -0.1) is 0 Å². The second kappa shape index (κ2) is 8.28. The number of rotatable bonds is 5. The highest BCUT2D eigenvalue weighted by molar-refractivity contribution is 7.89. The van der Waals surface area contributed by atoms with Gasteiger partial charge in [0.15, 0.2) is 11.5 Å². The van der Waals surface area contributed by atoms with Crippen LogP contribution in [-0.4, -0.2) is 38.5 Å². The molecule has 0 atom stereocenters. The summed E-state index contributed by atoms with van der Waals surface area (Å²) < 4.78 is 38.2. The Labute approximate surface area is 177 Å². The van der Waals surface area contributed by atoms with Crippen LogP contribution in [0.1, 0.15) is 41.3 Å². The lowest BCUT2D eigenvalue weighted by atomic mass is 10.0. The van der Waals surface area contributed by atoms with E-state index in [0.29, 0.717) is 42.6 Å². The number of sulfonamides is 1. The molecule has 2 aliphatic rings.